The number of ketones is 2. The van der Waals surface area contributed by atoms with E-state index in [-0.39, 0.29) is 113 Å². The van der Waals surface area contributed by atoms with E-state index in [4.69, 9.17) is 25.5 Å². The minimum Gasteiger partial charge on any atom is -0.379 e. The molecule has 0 radical (unpaired) electrons. The standard InChI is InChI=1S/C63H61F3N10O9/c1-42-9-5-11-50(37-42)73-43(2)52(56-23-25-71-75(56)48-19-15-45(41-67)16-20-48)39-54(60(73)79)58(77)13-7-29-82-33-35-84-31-27-69-62(81)70-28-32-85-36-34-83-30-8-14-59(78)55-40-53(57-24-26-72-76(57)49-21-17-47(68-4)18-22-49)44(3)74(61(55)80)51-12-6-10-46(38-51)63(64,65)66/h5-6,9-12,15-26,37-40H,7-8,13-14,27-36H2,1-3H3,(H2,69,70,81). The predicted octanol–water partition coefficient (Wildman–Crippen LogP) is 10.1. The molecule has 0 unspecified atom stereocenters. The SMILES string of the molecule is [C-]#[N+]c1ccc(-n2nccc2-c2cc(C(=O)CCCOCCOCCNC(=O)NCCOCCOCCCC(=O)c3cc(-c4ccnn4-c4ccc(C#N)cc4)c(C)n(-c4cccc(C)c4)c3=O)c(=O)n(-c3cccc(C(F)(F)F)c3)c2C)cc1. The van der Waals surface area contributed by atoms with Gasteiger partial charge in [-0.2, -0.15) is 28.6 Å². The van der Waals surface area contributed by atoms with Crippen molar-refractivity contribution in [1.82, 2.24) is 39.3 Å². The molecule has 85 heavy (non-hydrogen) atoms. The number of hydrogen-bond donors (Lipinski definition) is 2. The smallest absolute Gasteiger partial charge is 0.379 e. The highest BCUT2D eigenvalue weighted by atomic mass is 19.4. The molecule has 8 rings (SSSR count). The molecule has 2 N–H and O–H groups in total. The van der Waals surface area contributed by atoms with Crippen LogP contribution in [0.4, 0.5) is 23.7 Å². The second-order valence-corrected chi connectivity index (χ2v) is 19.5. The molecular weight excluding hydrogens is 1100 g/mol. The Hall–Kier alpha value is -9.58. The van der Waals surface area contributed by atoms with Crippen LogP contribution in [0.3, 0.4) is 0 Å². The van der Waals surface area contributed by atoms with E-state index in [1.165, 1.54) is 24.4 Å². The van der Waals surface area contributed by atoms with Crippen molar-refractivity contribution in [3.63, 3.8) is 0 Å². The van der Waals surface area contributed by atoms with Crippen LogP contribution in [0, 0.1) is 38.7 Å². The first-order valence-corrected chi connectivity index (χ1v) is 27.3. The number of nitriles is 1. The average Bonchev–Trinajstić information content (AvgIpc) is 2.05. The van der Waals surface area contributed by atoms with Crippen molar-refractivity contribution in [2.45, 2.75) is 52.6 Å². The molecule has 438 valence electrons. The van der Waals surface area contributed by atoms with Crippen molar-refractivity contribution in [3.05, 3.63) is 205 Å². The first-order chi connectivity index (χ1) is 41.1. The number of nitrogens with one attached hydrogen (secondary N) is 2. The predicted molar refractivity (Wildman–Crippen MR) is 311 cm³/mol. The van der Waals surface area contributed by atoms with Crippen LogP contribution < -0.4 is 21.8 Å². The fraction of sp³-hybridized carbons (Fsp3) is 0.286. The van der Waals surface area contributed by atoms with Crippen molar-refractivity contribution in [1.29, 1.82) is 5.26 Å². The number of ether oxygens (including phenoxy) is 4. The number of urea groups is 1. The molecule has 0 fully saturated rings. The zero-order valence-corrected chi connectivity index (χ0v) is 47.0. The van der Waals surface area contributed by atoms with Gasteiger partial charge in [0.2, 0.25) is 0 Å². The van der Waals surface area contributed by atoms with Gasteiger partial charge in [-0.25, -0.2) is 19.0 Å². The molecule has 0 bridgehead atoms. The number of hydrogen-bond acceptors (Lipinski definition) is 12. The first-order valence-electron chi connectivity index (χ1n) is 27.3. The molecule has 4 aromatic carbocycles. The van der Waals surface area contributed by atoms with Crippen LogP contribution in [0.1, 0.15) is 74.5 Å². The third-order valence-electron chi connectivity index (χ3n) is 13.7. The van der Waals surface area contributed by atoms with Crippen LogP contribution in [0.5, 0.6) is 0 Å². The van der Waals surface area contributed by atoms with Gasteiger partial charge in [-0.1, -0.05) is 30.3 Å². The van der Waals surface area contributed by atoms with Crippen LogP contribution in [0.25, 0.3) is 50.1 Å². The van der Waals surface area contributed by atoms with E-state index < -0.39 is 34.7 Å². The quantitative estimate of drug-likeness (QED) is 0.0266. The molecule has 0 saturated carbocycles. The van der Waals surface area contributed by atoms with Gasteiger partial charge in [-0.05, 0) is 130 Å². The summed E-state index contributed by atoms with van der Waals surface area (Å²) in [4.78, 5) is 71.3. The van der Waals surface area contributed by atoms with Crippen molar-refractivity contribution in [2.24, 2.45) is 0 Å². The van der Waals surface area contributed by atoms with E-state index in [0.717, 1.165) is 22.3 Å². The van der Waals surface area contributed by atoms with Crippen molar-refractivity contribution in [3.8, 4) is 51.3 Å². The monoisotopic (exact) mass is 1160 g/mol. The zero-order valence-electron chi connectivity index (χ0n) is 47.0. The third-order valence-corrected chi connectivity index (χ3v) is 13.7. The molecule has 8 aromatic rings. The van der Waals surface area contributed by atoms with Crippen LogP contribution >= 0.6 is 0 Å². The topological polar surface area (TPSA) is 220 Å². The summed E-state index contributed by atoms with van der Waals surface area (Å²) in [5, 5.41) is 23.6. The van der Waals surface area contributed by atoms with Gasteiger partial charge in [-0.15, -0.1) is 0 Å². The Balaban J connectivity index is 0.715. The Morgan fingerprint density at radius 2 is 1.05 bits per heavy atom. The number of amides is 2. The summed E-state index contributed by atoms with van der Waals surface area (Å²) in [5.74, 6) is -0.862. The Bertz CT molecular complexity index is 3870. The van der Waals surface area contributed by atoms with Crippen molar-refractivity contribution in [2.75, 3.05) is 65.9 Å². The minimum absolute atomic E-state index is 0.0387. The molecule has 0 aliphatic heterocycles. The number of Topliss-reactive ketones (excluding diaryl/α,β-unsaturated/α-hetero) is 2. The lowest BCUT2D eigenvalue weighted by Crippen LogP contribution is -2.39. The fourth-order valence-corrected chi connectivity index (χ4v) is 9.43. The van der Waals surface area contributed by atoms with Crippen molar-refractivity contribution < 1.29 is 46.5 Å². The zero-order chi connectivity index (χ0) is 60.5. The normalized spacial score (nSPS) is 11.3. The third kappa shape index (κ3) is 15.6. The lowest BCUT2D eigenvalue weighted by molar-refractivity contribution is -0.137. The highest BCUT2D eigenvalue weighted by molar-refractivity contribution is 5.98. The number of benzene rings is 4. The Morgan fingerprint density at radius 3 is 1.51 bits per heavy atom. The molecule has 0 aliphatic carbocycles. The largest absolute Gasteiger partial charge is 0.416 e. The molecule has 2 amide bonds. The van der Waals surface area contributed by atoms with Gasteiger partial charge < -0.3 is 29.6 Å². The molecule has 0 aliphatic rings. The molecule has 0 atom stereocenters. The molecule has 19 nitrogen and oxygen atoms in total. The minimum atomic E-state index is -4.68. The highest BCUT2D eigenvalue weighted by Gasteiger charge is 2.31. The van der Waals surface area contributed by atoms with Gasteiger partial charge in [-0.3, -0.25) is 28.3 Å². The second-order valence-electron chi connectivity index (χ2n) is 19.5. The number of alkyl halides is 3. The van der Waals surface area contributed by atoms with E-state index in [1.807, 2.05) is 44.2 Å². The summed E-state index contributed by atoms with van der Waals surface area (Å²) < 4.78 is 69.9. The van der Waals surface area contributed by atoms with Crippen LogP contribution in [0.15, 0.2) is 143 Å². The van der Waals surface area contributed by atoms with Gasteiger partial charge in [0, 0.05) is 73.0 Å². The summed E-state index contributed by atoms with van der Waals surface area (Å²) in [5.41, 5.74) is 4.41. The Morgan fingerprint density at radius 1 is 0.588 bits per heavy atom. The summed E-state index contributed by atoms with van der Waals surface area (Å²) in [7, 11) is 0. The molecular formula is C63H61F3N10O9. The van der Waals surface area contributed by atoms with Crippen LogP contribution in [0.2, 0.25) is 0 Å². The second kappa shape index (κ2) is 29.1. The van der Waals surface area contributed by atoms with Gasteiger partial charge >= 0.3 is 12.2 Å². The number of rotatable bonds is 28. The molecule has 4 heterocycles. The van der Waals surface area contributed by atoms with E-state index in [9.17, 15) is 42.4 Å². The van der Waals surface area contributed by atoms with E-state index in [2.05, 4.69) is 31.7 Å². The highest BCUT2D eigenvalue weighted by Crippen LogP contribution is 2.33. The number of nitrogens with zero attached hydrogens (tertiary/aromatic N) is 8. The summed E-state index contributed by atoms with van der Waals surface area (Å²) >= 11 is 0. The lowest BCUT2D eigenvalue weighted by Gasteiger charge is -2.18. The van der Waals surface area contributed by atoms with E-state index in [1.54, 1.807) is 87.7 Å². The van der Waals surface area contributed by atoms with Gasteiger partial charge in [0.25, 0.3) is 11.1 Å². The fourth-order valence-electron chi connectivity index (χ4n) is 9.43. The van der Waals surface area contributed by atoms with E-state index in [0.29, 0.717) is 62.9 Å². The van der Waals surface area contributed by atoms with Crippen LogP contribution in [-0.2, 0) is 25.1 Å². The van der Waals surface area contributed by atoms with Gasteiger partial charge in [0.05, 0.1) is 110 Å². The molecule has 0 spiro atoms. The maximum atomic E-state index is 14.1. The summed E-state index contributed by atoms with van der Waals surface area (Å²) in [6.07, 6.45) is -0.968. The lowest BCUT2D eigenvalue weighted by atomic mass is 10.0. The summed E-state index contributed by atoms with van der Waals surface area (Å²) in [6.45, 7) is 14.8. The van der Waals surface area contributed by atoms with Crippen LogP contribution in [-0.4, -0.2) is 112 Å². The Kier molecular flexibility index (Phi) is 21.0. The first kappa shape index (κ1) is 61.5. The maximum absolute atomic E-state index is 14.1. The number of halogens is 3. The Labute approximate surface area is 487 Å². The summed E-state index contributed by atoms with van der Waals surface area (Å²) in [6, 6.07) is 33.6. The van der Waals surface area contributed by atoms with Gasteiger partial charge in [0.15, 0.2) is 17.3 Å². The number of carbonyl (C=O) groups is 3. The number of aromatic nitrogens is 6. The number of aryl methyl sites for hydroxylation is 1. The molecule has 22 heteroatoms. The maximum Gasteiger partial charge on any atom is 0.416 e. The van der Waals surface area contributed by atoms with Gasteiger partial charge in [0.1, 0.15) is 0 Å². The number of pyridine rings is 2. The number of carbonyl (C=O) groups excluding carboxylic acids is 3. The van der Waals surface area contributed by atoms with Crippen molar-refractivity contribution >= 4 is 23.3 Å². The molecule has 4 aromatic heterocycles. The average molecular weight is 1160 g/mol. The van der Waals surface area contributed by atoms with E-state index >= 15 is 0 Å². The molecule has 0 saturated heterocycles.